The molecule has 0 aliphatic rings. The van der Waals surface area contributed by atoms with Crippen molar-refractivity contribution in [2.45, 2.75) is 13.0 Å². The van der Waals surface area contributed by atoms with Crippen molar-refractivity contribution < 1.29 is 19.4 Å². The van der Waals surface area contributed by atoms with Gasteiger partial charge in [0.25, 0.3) is 0 Å². The molecule has 1 aromatic rings. The first kappa shape index (κ1) is 14.3. The van der Waals surface area contributed by atoms with E-state index in [1.54, 1.807) is 25.1 Å². The van der Waals surface area contributed by atoms with Gasteiger partial charge in [-0.3, -0.25) is 0 Å². The lowest BCUT2D eigenvalue weighted by atomic mass is 10.3. The fourth-order valence-electron chi connectivity index (χ4n) is 1.15. The van der Waals surface area contributed by atoms with E-state index in [1.807, 2.05) is 0 Å². The van der Waals surface area contributed by atoms with Gasteiger partial charge in [0.1, 0.15) is 12.4 Å². The van der Waals surface area contributed by atoms with Gasteiger partial charge in [-0.05, 0) is 25.1 Å². The molecule has 0 heterocycles. The van der Waals surface area contributed by atoms with Crippen molar-refractivity contribution in [3.63, 3.8) is 0 Å². The number of hydrogen-bond acceptors (Lipinski definition) is 3. The van der Waals surface area contributed by atoms with Crippen molar-refractivity contribution in [1.82, 2.24) is 0 Å². The first-order valence-electron chi connectivity index (χ1n) is 4.96. The molecule has 0 saturated carbocycles. The average molecular weight is 324 g/mol. The zero-order valence-electron chi connectivity index (χ0n) is 9.15. The van der Waals surface area contributed by atoms with Crippen molar-refractivity contribution in [1.29, 1.82) is 0 Å². The zero-order chi connectivity index (χ0) is 12.8. The van der Waals surface area contributed by atoms with E-state index in [0.29, 0.717) is 17.4 Å². The molecule has 6 heteroatoms. The normalized spacial score (nSPS) is 12.2. The van der Waals surface area contributed by atoms with Crippen molar-refractivity contribution in [2.75, 3.05) is 13.2 Å². The van der Waals surface area contributed by atoms with Gasteiger partial charge in [0.2, 0.25) is 0 Å². The first-order valence-corrected chi connectivity index (χ1v) is 6.14. The first-order chi connectivity index (χ1) is 8.04. The zero-order valence-corrected chi connectivity index (χ0v) is 11.5. The lowest BCUT2D eigenvalue weighted by Gasteiger charge is -2.14. The molecule has 94 valence electrons. The predicted octanol–water partition coefficient (Wildman–Crippen LogP) is 2.97. The van der Waals surface area contributed by atoms with Crippen LogP contribution >= 0.6 is 27.5 Å². The molecule has 17 heavy (non-hydrogen) atoms. The molecule has 1 rings (SSSR count). The Hall–Kier alpha value is -0.780. The summed E-state index contributed by atoms with van der Waals surface area (Å²) in [5, 5.41) is 9.27. The van der Waals surface area contributed by atoms with Gasteiger partial charge < -0.3 is 14.6 Å². The van der Waals surface area contributed by atoms with E-state index in [9.17, 15) is 4.79 Å². The summed E-state index contributed by atoms with van der Waals surface area (Å²) in [6, 6.07) is 5.10. The van der Waals surface area contributed by atoms with E-state index in [4.69, 9.17) is 26.2 Å². The van der Waals surface area contributed by atoms with Gasteiger partial charge in [0, 0.05) is 11.1 Å². The molecule has 0 amide bonds. The lowest BCUT2D eigenvalue weighted by molar-refractivity contribution is -0.152. The van der Waals surface area contributed by atoms with Crippen LogP contribution in [0.25, 0.3) is 0 Å². The quantitative estimate of drug-likeness (QED) is 0.874. The summed E-state index contributed by atoms with van der Waals surface area (Å²) in [5.41, 5.74) is 0. The summed E-state index contributed by atoms with van der Waals surface area (Å²) < 4.78 is 11.1. The summed E-state index contributed by atoms with van der Waals surface area (Å²) in [5.74, 6) is -0.624. The largest absolute Gasteiger partial charge is 0.489 e. The number of halogens is 2. The van der Waals surface area contributed by atoms with E-state index in [1.165, 1.54) is 0 Å². The SMILES string of the molecule is CCOC(COc1ccc(Br)cc1Cl)C(=O)O. The Kier molecular flexibility index (Phi) is 5.74. The van der Waals surface area contributed by atoms with E-state index in [2.05, 4.69) is 15.9 Å². The maximum absolute atomic E-state index is 10.8. The number of carboxylic acids is 1. The smallest absolute Gasteiger partial charge is 0.336 e. The number of aliphatic carboxylic acids is 1. The molecule has 0 spiro atoms. The van der Waals surface area contributed by atoms with E-state index < -0.39 is 12.1 Å². The van der Waals surface area contributed by atoms with Gasteiger partial charge in [-0.1, -0.05) is 27.5 Å². The highest BCUT2D eigenvalue weighted by atomic mass is 79.9. The molecule has 4 nitrogen and oxygen atoms in total. The van der Waals surface area contributed by atoms with E-state index in [0.717, 1.165) is 4.47 Å². The third-order valence-corrected chi connectivity index (χ3v) is 2.72. The highest BCUT2D eigenvalue weighted by Crippen LogP contribution is 2.27. The molecular formula is C11H12BrClO4. The molecular weight excluding hydrogens is 311 g/mol. The number of rotatable bonds is 6. The molecule has 0 saturated heterocycles. The maximum atomic E-state index is 10.8. The van der Waals surface area contributed by atoms with Gasteiger partial charge in [-0.2, -0.15) is 0 Å². The molecule has 0 radical (unpaired) electrons. The minimum atomic E-state index is -1.06. The van der Waals surface area contributed by atoms with Gasteiger partial charge in [0.15, 0.2) is 6.10 Å². The van der Waals surface area contributed by atoms with Crippen LogP contribution in [0.5, 0.6) is 5.75 Å². The number of carboxylic acid groups (broad SMARTS) is 1. The molecule has 0 aliphatic carbocycles. The minimum Gasteiger partial charge on any atom is -0.489 e. The Bertz CT molecular complexity index is 397. The van der Waals surface area contributed by atoms with Gasteiger partial charge >= 0.3 is 5.97 Å². The third kappa shape index (κ3) is 4.53. The highest BCUT2D eigenvalue weighted by Gasteiger charge is 2.18. The standard InChI is InChI=1S/C11H12BrClO4/c1-2-16-10(11(14)15)6-17-9-4-3-7(12)5-8(9)13/h3-5,10H,2,6H2,1H3,(H,14,15). The van der Waals surface area contributed by atoms with Crippen LogP contribution in [-0.4, -0.2) is 30.4 Å². The van der Waals surface area contributed by atoms with E-state index >= 15 is 0 Å². The Balaban J connectivity index is 2.62. The Labute approximate surface area is 113 Å². The summed E-state index contributed by atoms with van der Waals surface area (Å²) in [4.78, 5) is 10.8. The number of ether oxygens (including phenoxy) is 2. The van der Waals surface area contributed by atoms with Gasteiger partial charge in [-0.15, -0.1) is 0 Å². The number of carbonyl (C=O) groups is 1. The molecule has 1 atom stereocenters. The Morgan fingerprint density at radius 1 is 1.59 bits per heavy atom. The summed E-state index contributed by atoms with van der Waals surface area (Å²) >= 11 is 9.19. The molecule has 0 aromatic heterocycles. The van der Waals surface area contributed by atoms with Crippen LogP contribution in [0, 0.1) is 0 Å². The Morgan fingerprint density at radius 2 is 2.29 bits per heavy atom. The maximum Gasteiger partial charge on any atom is 0.336 e. The van der Waals surface area contributed by atoms with Gasteiger partial charge in [-0.25, -0.2) is 4.79 Å². The van der Waals surface area contributed by atoms with Crippen molar-refractivity contribution in [2.24, 2.45) is 0 Å². The van der Waals surface area contributed by atoms with Crippen LogP contribution in [0.1, 0.15) is 6.92 Å². The van der Waals surface area contributed by atoms with E-state index in [-0.39, 0.29) is 6.61 Å². The number of hydrogen-bond donors (Lipinski definition) is 1. The van der Waals surface area contributed by atoms with Gasteiger partial charge in [0.05, 0.1) is 5.02 Å². The topological polar surface area (TPSA) is 55.8 Å². The summed E-state index contributed by atoms with van der Waals surface area (Å²) in [7, 11) is 0. The fraction of sp³-hybridized carbons (Fsp3) is 0.364. The van der Waals surface area contributed by atoms with Crippen LogP contribution in [0.2, 0.25) is 5.02 Å². The fourth-order valence-corrected chi connectivity index (χ4v) is 1.88. The molecule has 1 N–H and O–H groups in total. The second-order valence-electron chi connectivity index (χ2n) is 3.17. The number of benzene rings is 1. The second-order valence-corrected chi connectivity index (χ2v) is 4.49. The molecule has 1 aromatic carbocycles. The molecule has 1 unspecified atom stereocenters. The van der Waals surface area contributed by atoms with Crippen molar-refractivity contribution >= 4 is 33.5 Å². The summed E-state index contributed by atoms with van der Waals surface area (Å²) in [6.07, 6.45) is -0.986. The second kappa shape index (κ2) is 6.83. The van der Waals surface area contributed by atoms with Crippen LogP contribution in [0.3, 0.4) is 0 Å². The Morgan fingerprint density at radius 3 is 2.82 bits per heavy atom. The molecule has 0 aliphatic heterocycles. The van der Waals surface area contributed by atoms with Crippen LogP contribution in [0.4, 0.5) is 0 Å². The van der Waals surface area contributed by atoms with Crippen molar-refractivity contribution in [3.8, 4) is 5.75 Å². The van der Waals surface area contributed by atoms with Crippen LogP contribution < -0.4 is 4.74 Å². The molecule has 0 bridgehead atoms. The molecule has 0 fully saturated rings. The minimum absolute atomic E-state index is 0.0788. The predicted molar refractivity (Wildman–Crippen MR) is 67.7 cm³/mol. The summed E-state index contributed by atoms with van der Waals surface area (Å²) in [6.45, 7) is 1.96. The van der Waals surface area contributed by atoms with Crippen LogP contribution in [-0.2, 0) is 9.53 Å². The monoisotopic (exact) mass is 322 g/mol. The third-order valence-electron chi connectivity index (χ3n) is 1.93. The van der Waals surface area contributed by atoms with Crippen molar-refractivity contribution in [3.05, 3.63) is 27.7 Å². The average Bonchev–Trinajstić information content (AvgIpc) is 2.25. The van der Waals surface area contributed by atoms with Crippen LogP contribution in [0.15, 0.2) is 22.7 Å². The highest BCUT2D eigenvalue weighted by molar-refractivity contribution is 9.10. The lowest BCUT2D eigenvalue weighted by Crippen LogP contribution is -2.30.